The molecule has 1 heterocycles. The molecule has 0 radical (unpaired) electrons. The van der Waals surface area contributed by atoms with Crippen LogP contribution in [0.4, 0.5) is 50.0 Å². The van der Waals surface area contributed by atoms with Gasteiger partial charge in [-0.2, -0.15) is 39.5 Å². The third-order valence-corrected chi connectivity index (χ3v) is 7.66. The first-order valence-electron chi connectivity index (χ1n) is 13.3. The number of methoxy groups -OCH3 is 1. The van der Waals surface area contributed by atoms with Gasteiger partial charge in [-0.1, -0.05) is 0 Å². The molecule has 15 heteroatoms. The Hall–Kier alpha value is -3.91. The maximum absolute atomic E-state index is 13.8. The molecule has 0 saturated carbocycles. The molecule has 1 saturated heterocycles. The van der Waals surface area contributed by atoms with Crippen LogP contribution in [0.1, 0.15) is 61.5 Å². The number of halogens is 9. The Morgan fingerprint density at radius 2 is 1.61 bits per heavy atom. The molecular formula is C29H27F9N2O4. The summed E-state index contributed by atoms with van der Waals surface area (Å²) in [5.74, 6) is -1.90. The maximum atomic E-state index is 13.8. The lowest BCUT2D eigenvalue weighted by Gasteiger charge is -2.32. The van der Waals surface area contributed by atoms with E-state index in [4.69, 9.17) is 9.47 Å². The normalized spacial score (nSPS) is 21.4. The molecule has 1 N–H and O–H groups in total. The number of nitrogens with one attached hydrogen (secondary N) is 1. The number of carbonyl (C=O) groups excluding carboxylic acids is 2. The van der Waals surface area contributed by atoms with E-state index in [9.17, 15) is 49.1 Å². The van der Waals surface area contributed by atoms with Crippen LogP contribution in [0, 0.1) is 5.92 Å². The van der Waals surface area contributed by atoms with E-state index < -0.39 is 78.2 Å². The zero-order valence-electron chi connectivity index (χ0n) is 23.5. The van der Waals surface area contributed by atoms with Gasteiger partial charge in [0.05, 0.1) is 30.2 Å². The average molecular weight is 639 g/mol. The number of alkyl halides is 9. The van der Waals surface area contributed by atoms with Crippen molar-refractivity contribution in [2.24, 2.45) is 5.92 Å². The van der Waals surface area contributed by atoms with Crippen molar-refractivity contribution in [3.8, 4) is 5.75 Å². The second kappa shape index (κ2) is 11.9. The first kappa shape index (κ1) is 33.0. The number of carbonyl (C=O) groups is 2. The Morgan fingerprint density at radius 3 is 2.14 bits per heavy atom. The van der Waals surface area contributed by atoms with Gasteiger partial charge < -0.3 is 14.8 Å². The lowest BCUT2D eigenvalue weighted by atomic mass is 9.80. The minimum absolute atomic E-state index is 0.0540. The molecule has 0 bridgehead atoms. The largest absolute Gasteiger partial charge is 0.496 e. The fourth-order valence-corrected chi connectivity index (χ4v) is 5.52. The van der Waals surface area contributed by atoms with E-state index in [0.717, 1.165) is 4.90 Å². The highest BCUT2D eigenvalue weighted by molar-refractivity contribution is 5.90. The predicted molar refractivity (Wildman–Crippen MR) is 139 cm³/mol. The molecular weight excluding hydrogens is 611 g/mol. The van der Waals surface area contributed by atoms with Crippen LogP contribution in [0.2, 0.25) is 0 Å². The zero-order valence-corrected chi connectivity index (χ0v) is 23.5. The van der Waals surface area contributed by atoms with E-state index in [1.807, 2.05) is 0 Å². The Morgan fingerprint density at radius 1 is 1.00 bits per heavy atom. The minimum atomic E-state index is -5.14. The summed E-state index contributed by atoms with van der Waals surface area (Å²) in [6, 6.07) is 4.25. The van der Waals surface area contributed by atoms with Crippen molar-refractivity contribution in [2.45, 2.75) is 63.8 Å². The number of ether oxygens (including phenoxy) is 2. The van der Waals surface area contributed by atoms with E-state index in [2.05, 4.69) is 5.32 Å². The summed E-state index contributed by atoms with van der Waals surface area (Å²) in [7, 11) is 1.34. The molecule has 2 aromatic carbocycles. The third kappa shape index (κ3) is 7.07. The van der Waals surface area contributed by atoms with Gasteiger partial charge in [-0.3, -0.25) is 9.69 Å². The summed E-state index contributed by atoms with van der Waals surface area (Å²) in [5, 5.41) is 2.58. The Balaban J connectivity index is 1.76. The summed E-state index contributed by atoms with van der Waals surface area (Å²) < 4.78 is 133. The van der Waals surface area contributed by atoms with Crippen molar-refractivity contribution in [1.29, 1.82) is 0 Å². The Bertz CT molecular complexity index is 1430. The summed E-state index contributed by atoms with van der Waals surface area (Å²) in [4.78, 5) is 25.6. The van der Waals surface area contributed by atoms with E-state index in [-0.39, 0.29) is 30.2 Å². The van der Waals surface area contributed by atoms with Crippen molar-refractivity contribution >= 4 is 23.3 Å². The minimum Gasteiger partial charge on any atom is -0.496 e. The summed E-state index contributed by atoms with van der Waals surface area (Å²) in [6.45, 7) is 2.14. The second-order valence-corrected chi connectivity index (χ2v) is 10.7. The van der Waals surface area contributed by atoms with Crippen LogP contribution in [-0.4, -0.2) is 42.8 Å². The summed E-state index contributed by atoms with van der Waals surface area (Å²) >= 11 is 0. The lowest BCUT2D eigenvalue weighted by Crippen LogP contribution is -2.36. The topological polar surface area (TPSA) is 67.9 Å². The maximum Gasteiger partial charge on any atom is 0.416 e. The molecule has 0 spiro atoms. The zero-order chi connectivity index (χ0) is 32.8. The number of anilines is 1. The molecule has 4 rings (SSSR count). The number of amides is 2. The van der Waals surface area contributed by atoms with Crippen LogP contribution < -0.4 is 10.1 Å². The number of nitrogens with zero attached hydrogens (tertiary/aromatic N) is 1. The van der Waals surface area contributed by atoms with E-state index >= 15 is 0 Å². The van der Waals surface area contributed by atoms with Crippen LogP contribution in [-0.2, 0) is 21.9 Å². The van der Waals surface area contributed by atoms with E-state index in [0.29, 0.717) is 29.0 Å². The smallest absolute Gasteiger partial charge is 0.416 e. The van der Waals surface area contributed by atoms with Gasteiger partial charge in [0.2, 0.25) is 5.91 Å². The molecule has 2 amide bonds. The standard InChI is InChI=1S/C29H27F9N2O4/c1-14-25(16-8-19(28(33,34)35)11-20(9-16)29(36,37)38)44-26(42)40(14)13-17-10-18(27(30,31)32)4-6-22(17)23-12-21(39-15(2)41)5-7-24(23)43-3/h5,7-9,11-12,14,18,25H,4,6,10,13H2,1-3H3,(H,39,41)/t14-,18?,25-/m0/s1. The molecule has 3 atom stereocenters. The molecule has 1 aliphatic carbocycles. The number of rotatable bonds is 6. The number of allylic oxidation sites excluding steroid dienone is 1. The van der Waals surface area contributed by atoms with Gasteiger partial charge in [-0.15, -0.1) is 0 Å². The monoisotopic (exact) mass is 638 g/mol. The molecule has 2 aliphatic rings. The van der Waals surface area contributed by atoms with Crippen LogP contribution in [0.3, 0.4) is 0 Å². The van der Waals surface area contributed by atoms with Gasteiger partial charge in [-0.05, 0) is 79.3 Å². The van der Waals surface area contributed by atoms with Gasteiger partial charge >= 0.3 is 24.6 Å². The quantitative estimate of drug-likeness (QED) is 0.323. The molecule has 2 aromatic rings. The molecule has 1 aliphatic heterocycles. The summed E-state index contributed by atoms with van der Waals surface area (Å²) in [5.41, 5.74) is -2.51. The van der Waals surface area contributed by atoms with Crippen molar-refractivity contribution in [1.82, 2.24) is 4.90 Å². The number of hydrogen-bond acceptors (Lipinski definition) is 4. The van der Waals surface area contributed by atoms with E-state index in [1.165, 1.54) is 39.2 Å². The molecule has 240 valence electrons. The predicted octanol–water partition coefficient (Wildman–Crippen LogP) is 8.39. The van der Waals surface area contributed by atoms with Gasteiger partial charge in [-0.25, -0.2) is 4.79 Å². The molecule has 1 fully saturated rings. The summed E-state index contributed by atoms with van der Waals surface area (Å²) in [6.07, 6.45) is -18.5. The molecule has 44 heavy (non-hydrogen) atoms. The van der Waals surface area contributed by atoms with Crippen molar-refractivity contribution in [3.63, 3.8) is 0 Å². The van der Waals surface area contributed by atoms with Crippen LogP contribution >= 0.6 is 0 Å². The Kier molecular flexibility index (Phi) is 8.91. The van der Waals surface area contributed by atoms with Crippen LogP contribution in [0.15, 0.2) is 42.0 Å². The van der Waals surface area contributed by atoms with Gasteiger partial charge in [0.15, 0.2) is 0 Å². The van der Waals surface area contributed by atoms with Gasteiger partial charge in [0.1, 0.15) is 11.9 Å². The lowest BCUT2D eigenvalue weighted by molar-refractivity contribution is -0.176. The number of cyclic esters (lactones) is 1. The molecule has 1 unspecified atom stereocenters. The third-order valence-electron chi connectivity index (χ3n) is 7.66. The van der Waals surface area contributed by atoms with Crippen molar-refractivity contribution < 1.29 is 58.6 Å². The van der Waals surface area contributed by atoms with Crippen LogP contribution in [0.25, 0.3) is 5.57 Å². The van der Waals surface area contributed by atoms with Gasteiger partial charge in [0, 0.05) is 24.7 Å². The van der Waals surface area contributed by atoms with Gasteiger partial charge in [0.25, 0.3) is 0 Å². The first-order chi connectivity index (χ1) is 20.3. The highest BCUT2D eigenvalue weighted by Crippen LogP contribution is 2.47. The van der Waals surface area contributed by atoms with E-state index in [1.54, 1.807) is 0 Å². The average Bonchev–Trinajstić information content (AvgIpc) is 3.19. The number of hydrogen-bond donors (Lipinski definition) is 1. The molecule has 6 nitrogen and oxygen atoms in total. The van der Waals surface area contributed by atoms with Crippen LogP contribution in [0.5, 0.6) is 5.75 Å². The highest BCUT2D eigenvalue weighted by Gasteiger charge is 2.46. The number of benzene rings is 2. The SMILES string of the molecule is COc1ccc(NC(C)=O)cc1C1=C(CN2C(=O)O[C@H](c3cc(C(F)(F)F)cc(C(F)(F)F)c3)[C@@H]2C)CC(C(F)(F)F)CC1. The second-order valence-electron chi connectivity index (χ2n) is 10.7. The molecule has 0 aromatic heterocycles. The fourth-order valence-electron chi connectivity index (χ4n) is 5.52. The Labute approximate surface area is 245 Å². The van der Waals surface area contributed by atoms with Crippen molar-refractivity contribution in [3.05, 3.63) is 64.2 Å². The van der Waals surface area contributed by atoms with Crippen molar-refractivity contribution in [2.75, 3.05) is 19.0 Å². The highest BCUT2D eigenvalue weighted by atomic mass is 19.4. The first-order valence-corrected chi connectivity index (χ1v) is 13.3. The fraction of sp³-hybridized carbons (Fsp3) is 0.448.